The van der Waals surface area contributed by atoms with Gasteiger partial charge >= 0.3 is 0 Å². The van der Waals surface area contributed by atoms with Gasteiger partial charge in [0.15, 0.2) is 0 Å². The molecule has 0 aromatic heterocycles. The molecule has 0 fully saturated rings. The minimum atomic E-state index is -1.71. The number of nitrogens with zero attached hydrogens (tertiary/aromatic N) is 1. The van der Waals surface area contributed by atoms with Crippen LogP contribution in [0, 0.1) is 23.2 Å². The third-order valence-electron chi connectivity index (χ3n) is 4.58. The summed E-state index contributed by atoms with van der Waals surface area (Å²) < 4.78 is 0. The van der Waals surface area contributed by atoms with Gasteiger partial charge in [0, 0.05) is 28.8 Å². The number of aliphatic hydroxyl groups excluding tert-OH is 1. The monoisotopic (exact) mass is 464 g/mol. The fraction of sp³-hybridized carbons (Fsp3) is 0.217. The number of aliphatic hydroxyl groups is 1. The van der Waals surface area contributed by atoms with E-state index in [1.165, 1.54) is 17.6 Å². The van der Waals surface area contributed by atoms with Crippen LogP contribution in [0.4, 0.5) is 5.69 Å². The number of amides is 3. The maximum atomic E-state index is 12.2. The summed E-state index contributed by atoms with van der Waals surface area (Å²) in [6, 6.07) is 12.6. The van der Waals surface area contributed by atoms with E-state index < -0.39 is 30.1 Å². The summed E-state index contributed by atoms with van der Waals surface area (Å²) in [4.78, 5) is 35.7. The smallest absolute Gasteiger partial charge is 0.270 e. The van der Waals surface area contributed by atoms with E-state index in [1.807, 2.05) is 6.07 Å². The van der Waals surface area contributed by atoms with Gasteiger partial charge in [-0.25, -0.2) is 5.48 Å². The van der Waals surface area contributed by atoms with E-state index in [9.17, 15) is 19.5 Å². The largest absolute Gasteiger partial charge is 0.376 e. The van der Waals surface area contributed by atoms with E-state index in [0.717, 1.165) is 0 Å². The Morgan fingerprint density at radius 1 is 0.941 bits per heavy atom. The number of benzene rings is 2. The molecule has 0 radical (unpaired) electrons. The molecule has 3 atom stereocenters. The fourth-order valence-electron chi connectivity index (χ4n) is 2.67. The number of carbonyl (C=O) groups is 3. The maximum absolute atomic E-state index is 12.2. The van der Waals surface area contributed by atoms with Crippen LogP contribution in [0.1, 0.15) is 34.3 Å². The minimum absolute atomic E-state index is 0.190. The van der Waals surface area contributed by atoms with Gasteiger partial charge in [0.25, 0.3) is 11.8 Å². The number of rotatable bonds is 8. The molecule has 2 aromatic carbocycles. The second-order valence-corrected chi connectivity index (χ2v) is 7.12. The summed E-state index contributed by atoms with van der Waals surface area (Å²) in [7, 11) is 0. The highest BCUT2D eigenvalue weighted by molar-refractivity contribution is 5.97. The van der Waals surface area contributed by atoms with Crippen LogP contribution in [-0.4, -0.2) is 46.3 Å². The Kier molecular flexibility index (Phi) is 9.71. The molecule has 0 saturated heterocycles. The number of hydrogen-bond donors (Lipinski definition) is 7. The zero-order chi connectivity index (χ0) is 25.1. The molecule has 11 nitrogen and oxygen atoms in total. The second-order valence-electron chi connectivity index (χ2n) is 7.12. The molecule has 34 heavy (non-hydrogen) atoms. The lowest BCUT2D eigenvalue weighted by atomic mass is 10.1. The average molecular weight is 464 g/mol. The molecule has 3 amide bonds. The minimum Gasteiger partial charge on any atom is -0.376 e. The number of hydrogen-bond acceptors (Lipinski definition) is 8. The van der Waals surface area contributed by atoms with Crippen molar-refractivity contribution < 1.29 is 24.7 Å². The number of anilines is 1. The van der Waals surface area contributed by atoms with Gasteiger partial charge in [0.05, 0.1) is 12.1 Å². The summed E-state index contributed by atoms with van der Waals surface area (Å²) >= 11 is 0. The van der Waals surface area contributed by atoms with E-state index in [1.54, 1.807) is 36.4 Å². The average Bonchev–Trinajstić information content (AvgIpc) is 2.84. The maximum Gasteiger partial charge on any atom is 0.270 e. The van der Waals surface area contributed by atoms with Crippen molar-refractivity contribution in [3.63, 3.8) is 0 Å². The van der Waals surface area contributed by atoms with Crippen LogP contribution in [0.5, 0.6) is 0 Å². The van der Waals surface area contributed by atoms with Crippen molar-refractivity contribution in [2.24, 2.45) is 11.5 Å². The van der Waals surface area contributed by atoms with E-state index in [-0.39, 0.29) is 24.3 Å². The Morgan fingerprint density at radius 3 is 2.00 bits per heavy atom. The predicted molar refractivity (Wildman–Crippen MR) is 122 cm³/mol. The van der Waals surface area contributed by atoms with Crippen molar-refractivity contribution in [3.8, 4) is 17.9 Å². The Morgan fingerprint density at radius 2 is 1.50 bits per heavy atom. The molecule has 9 N–H and O–H groups in total. The highest BCUT2D eigenvalue weighted by Gasteiger charge is 2.26. The molecule has 0 saturated carbocycles. The molecule has 2 rings (SSSR count). The molecule has 0 unspecified atom stereocenters. The van der Waals surface area contributed by atoms with Gasteiger partial charge in [-0.05, 0) is 55.0 Å². The number of carbonyl (C=O) groups excluding carboxylic acids is 3. The zero-order valence-electron chi connectivity index (χ0n) is 18.0. The fourth-order valence-corrected chi connectivity index (χ4v) is 2.67. The first kappa shape index (κ1) is 26.0. The molecule has 176 valence electrons. The number of nitrogens with two attached hydrogens (primary N) is 2. The summed E-state index contributed by atoms with van der Waals surface area (Å²) in [5.41, 5.74) is 14.3. The predicted octanol–water partition coefficient (Wildman–Crippen LogP) is -0.463. The SMILES string of the molecule is N#CCC[C@H](N)C(=O)Nc1ccc(C#Cc2ccc(C(=O)N[C@H](C(=O)NO)[C@@H](N)O)cc2)cc1. The number of nitriles is 1. The quantitative estimate of drug-likeness (QED) is 0.117. The first-order chi connectivity index (χ1) is 16.2. The molecule has 0 aliphatic heterocycles. The Labute approximate surface area is 195 Å². The summed E-state index contributed by atoms with van der Waals surface area (Å²) in [6.45, 7) is 0. The van der Waals surface area contributed by atoms with E-state index in [0.29, 0.717) is 16.8 Å². The van der Waals surface area contributed by atoms with Crippen molar-refractivity contribution in [1.29, 1.82) is 5.26 Å². The summed E-state index contributed by atoms with van der Waals surface area (Å²) in [6.07, 6.45) is -1.23. The second kappa shape index (κ2) is 12.7. The molecule has 0 aliphatic carbocycles. The van der Waals surface area contributed by atoms with E-state index >= 15 is 0 Å². The van der Waals surface area contributed by atoms with Crippen LogP contribution in [0.3, 0.4) is 0 Å². The first-order valence-corrected chi connectivity index (χ1v) is 10.1. The van der Waals surface area contributed by atoms with Gasteiger partial charge in [0.2, 0.25) is 5.91 Å². The van der Waals surface area contributed by atoms with E-state index in [4.69, 9.17) is 21.9 Å². The summed E-state index contributed by atoms with van der Waals surface area (Å²) in [5, 5.41) is 31.5. The lowest BCUT2D eigenvalue weighted by Gasteiger charge is -2.18. The van der Waals surface area contributed by atoms with Gasteiger partial charge < -0.3 is 27.2 Å². The molecule has 0 aliphatic rings. The zero-order valence-corrected chi connectivity index (χ0v) is 18.0. The number of nitrogens with one attached hydrogen (secondary N) is 3. The van der Waals surface area contributed by atoms with Crippen LogP contribution in [0.2, 0.25) is 0 Å². The standard InChI is InChI=1S/C23H24N6O5/c24-13-1-2-18(25)22(32)27-17-11-7-15(8-12-17)4-3-14-5-9-16(10-6-14)21(31)28-19(20(26)30)23(33)29-34/h5-12,18-20,30,34H,1-2,25-26H2,(H,27,32)(H,28,31)(H,29,33)/t18-,19-,20-/m0/s1. The van der Waals surface area contributed by atoms with Crippen molar-refractivity contribution in [2.75, 3.05) is 5.32 Å². The first-order valence-electron chi connectivity index (χ1n) is 10.1. The molecule has 0 bridgehead atoms. The van der Waals surface area contributed by atoms with Gasteiger partial charge in [0.1, 0.15) is 12.3 Å². The van der Waals surface area contributed by atoms with Crippen LogP contribution in [0.15, 0.2) is 48.5 Å². The molecule has 2 aromatic rings. The summed E-state index contributed by atoms with van der Waals surface area (Å²) in [5.74, 6) is 3.79. The molecule has 11 heteroatoms. The van der Waals surface area contributed by atoms with E-state index in [2.05, 4.69) is 22.5 Å². The normalized spacial score (nSPS) is 12.7. The lowest BCUT2D eigenvalue weighted by molar-refractivity contribution is -0.133. The molecule has 0 spiro atoms. The van der Waals surface area contributed by atoms with Crippen molar-refractivity contribution in [1.82, 2.24) is 10.8 Å². The molecular weight excluding hydrogens is 440 g/mol. The Hall–Kier alpha value is -4.26. The van der Waals surface area contributed by atoms with Gasteiger partial charge in [-0.3, -0.25) is 19.6 Å². The number of hydroxylamine groups is 1. The molecule has 0 heterocycles. The van der Waals surface area contributed by atoms with Crippen molar-refractivity contribution in [3.05, 3.63) is 65.2 Å². The van der Waals surface area contributed by atoms with Crippen LogP contribution in [-0.2, 0) is 9.59 Å². The Bertz CT molecular complexity index is 1110. The Balaban J connectivity index is 1.99. The van der Waals surface area contributed by atoms with Gasteiger partial charge in [-0.15, -0.1) is 0 Å². The lowest BCUT2D eigenvalue weighted by Crippen LogP contribution is -2.55. The third kappa shape index (κ3) is 7.70. The van der Waals surface area contributed by atoms with Crippen LogP contribution in [0.25, 0.3) is 0 Å². The third-order valence-corrected chi connectivity index (χ3v) is 4.58. The van der Waals surface area contributed by atoms with Gasteiger partial charge in [-0.1, -0.05) is 11.8 Å². The molecular formula is C23H24N6O5. The highest BCUT2D eigenvalue weighted by atomic mass is 16.5. The van der Waals surface area contributed by atoms with Crippen LogP contribution >= 0.6 is 0 Å². The van der Waals surface area contributed by atoms with Crippen molar-refractivity contribution >= 4 is 23.4 Å². The topological polar surface area (TPSA) is 204 Å². The van der Waals surface area contributed by atoms with Gasteiger partial charge in [-0.2, -0.15) is 5.26 Å². The highest BCUT2D eigenvalue weighted by Crippen LogP contribution is 2.10. The van der Waals surface area contributed by atoms with Crippen LogP contribution < -0.4 is 27.6 Å². The van der Waals surface area contributed by atoms with Crippen molar-refractivity contribution in [2.45, 2.75) is 31.2 Å².